The molecule has 31 heavy (non-hydrogen) atoms. The number of rotatable bonds is 5. The molecule has 1 saturated heterocycles. The standard InChI is InChI=1S/C23H23ClN2O4S/c1-30-22-12-11-18(14-20(22)24)31(28,29)26-13-5-8-17(15-26)23(27)25-21-10-4-7-16-6-2-3-9-19(16)21/h2-4,6-7,9-12,14,17H,5,8,13,15H2,1H3,(H,25,27)/t17-/m0/s1. The molecule has 0 radical (unpaired) electrons. The molecule has 0 unspecified atom stereocenters. The number of hydrogen-bond donors (Lipinski definition) is 1. The summed E-state index contributed by atoms with van der Waals surface area (Å²) in [7, 11) is -2.30. The van der Waals surface area contributed by atoms with Crippen LogP contribution in [0.5, 0.6) is 5.75 Å². The van der Waals surface area contributed by atoms with Gasteiger partial charge in [0.1, 0.15) is 5.75 Å². The first-order valence-electron chi connectivity index (χ1n) is 10.0. The highest BCUT2D eigenvalue weighted by atomic mass is 35.5. The van der Waals surface area contributed by atoms with Crippen LogP contribution in [-0.2, 0) is 14.8 Å². The first-order valence-corrected chi connectivity index (χ1v) is 11.8. The number of nitrogens with one attached hydrogen (secondary N) is 1. The van der Waals surface area contributed by atoms with E-state index in [1.807, 2.05) is 42.5 Å². The predicted molar refractivity (Wildman–Crippen MR) is 122 cm³/mol. The summed E-state index contributed by atoms with van der Waals surface area (Å²) in [5.74, 6) is -0.202. The molecule has 0 bridgehead atoms. The molecule has 0 aliphatic carbocycles. The van der Waals surface area contributed by atoms with Gasteiger partial charge in [-0.15, -0.1) is 0 Å². The van der Waals surface area contributed by atoms with Crippen molar-refractivity contribution in [1.82, 2.24) is 4.31 Å². The van der Waals surface area contributed by atoms with Gasteiger partial charge < -0.3 is 10.1 Å². The van der Waals surface area contributed by atoms with E-state index in [1.54, 1.807) is 0 Å². The molecule has 8 heteroatoms. The highest BCUT2D eigenvalue weighted by molar-refractivity contribution is 7.89. The zero-order chi connectivity index (χ0) is 22.0. The zero-order valence-corrected chi connectivity index (χ0v) is 18.6. The number of halogens is 1. The molecule has 1 fully saturated rings. The van der Waals surface area contributed by atoms with E-state index in [0.717, 1.165) is 16.5 Å². The molecular weight excluding hydrogens is 436 g/mol. The highest BCUT2D eigenvalue weighted by Crippen LogP contribution is 2.31. The quantitative estimate of drug-likeness (QED) is 0.609. The Kier molecular flexibility index (Phi) is 6.18. The number of nitrogens with zero attached hydrogens (tertiary/aromatic N) is 1. The second-order valence-electron chi connectivity index (χ2n) is 7.51. The maximum Gasteiger partial charge on any atom is 0.243 e. The van der Waals surface area contributed by atoms with Crippen LogP contribution >= 0.6 is 11.6 Å². The monoisotopic (exact) mass is 458 g/mol. The van der Waals surface area contributed by atoms with Crippen molar-refractivity contribution < 1.29 is 17.9 Å². The van der Waals surface area contributed by atoms with Crippen LogP contribution in [0.4, 0.5) is 5.69 Å². The van der Waals surface area contributed by atoms with Gasteiger partial charge in [0.05, 0.1) is 22.9 Å². The number of sulfonamides is 1. The number of fused-ring (bicyclic) bond motifs is 1. The van der Waals surface area contributed by atoms with Crippen molar-refractivity contribution in [2.24, 2.45) is 5.92 Å². The summed E-state index contributed by atoms with van der Waals surface area (Å²) in [6, 6.07) is 17.9. The van der Waals surface area contributed by atoms with E-state index < -0.39 is 15.9 Å². The Morgan fingerprint density at radius 1 is 1.13 bits per heavy atom. The summed E-state index contributed by atoms with van der Waals surface area (Å²) in [5, 5.41) is 5.20. The average molecular weight is 459 g/mol. The van der Waals surface area contributed by atoms with Crippen molar-refractivity contribution in [1.29, 1.82) is 0 Å². The third kappa shape index (κ3) is 4.39. The third-order valence-corrected chi connectivity index (χ3v) is 7.72. The van der Waals surface area contributed by atoms with Crippen LogP contribution in [0.15, 0.2) is 65.6 Å². The molecule has 3 aromatic carbocycles. The van der Waals surface area contributed by atoms with Crippen molar-refractivity contribution >= 4 is 44.0 Å². The minimum atomic E-state index is -3.77. The number of amides is 1. The molecule has 0 saturated carbocycles. The van der Waals surface area contributed by atoms with Gasteiger partial charge in [0, 0.05) is 24.2 Å². The molecule has 1 aliphatic heterocycles. The van der Waals surface area contributed by atoms with Crippen LogP contribution in [0, 0.1) is 5.92 Å². The zero-order valence-electron chi connectivity index (χ0n) is 17.0. The summed E-state index contributed by atoms with van der Waals surface area (Å²) in [6.45, 7) is 0.493. The van der Waals surface area contributed by atoms with Crippen molar-refractivity contribution in [3.63, 3.8) is 0 Å². The largest absolute Gasteiger partial charge is 0.495 e. The molecule has 0 aromatic heterocycles. The lowest BCUT2D eigenvalue weighted by Gasteiger charge is -2.31. The first kappa shape index (κ1) is 21.6. The van der Waals surface area contributed by atoms with E-state index in [1.165, 1.54) is 29.6 Å². The van der Waals surface area contributed by atoms with Crippen molar-refractivity contribution in [2.75, 3.05) is 25.5 Å². The Labute approximate surface area is 186 Å². The van der Waals surface area contributed by atoms with E-state index in [9.17, 15) is 13.2 Å². The lowest BCUT2D eigenvalue weighted by molar-refractivity contribution is -0.120. The Bertz CT molecular complexity index is 1220. The summed E-state index contributed by atoms with van der Waals surface area (Å²) in [4.78, 5) is 13.1. The molecule has 1 aliphatic rings. The molecule has 1 heterocycles. The number of benzene rings is 3. The first-order chi connectivity index (χ1) is 14.9. The van der Waals surface area contributed by atoms with Gasteiger partial charge in [-0.25, -0.2) is 8.42 Å². The number of carbonyl (C=O) groups excluding carboxylic acids is 1. The number of piperidine rings is 1. The van der Waals surface area contributed by atoms with E-state index in [2.05, 4.69) is 5.32 Å². The third-order valence-electron chi connectivity index (χ3n) is 5.56. The second kappa shape index (κ2) is 8.86. The number of anilines is 1. The molecule has 162 valence electrons. The predicted octanol–water partition coefficient (Wildman–Crippen LogP) is 4.54. The van der Waals surface area contributed by atoms with E-state index in [0.29, 0.717) is 25.1 Å². The molecule has 0 spiro atoms. The van der Waals surface area contributed by atoms with E-state index >= 15 is 0 Å². The fourth-order valence-electron chi connectivity index (χ4n) is 3.90. The van der Waals surface area contributed by atoms with Gasteiger partial charge in [-0.05, 0) is 42.5 Å². The van der Waals surface area contributed by atoms with Crippen molar-refractivity contribution in [3.05, 3.63) is 65.7 Å². The molecule has 1 atom stereocenters. The van der Waals surface area contributed by atoms with Gasteiger partial charge in [-0.1, -0.05) is 48.0 Å². The van der Waals surface area contributed by atoms with Gasteiger partial charge in [-0.2, -0.15) is 4.31 Å². The molecule has 1 N–H and O–H groups in total. The lowest BCUT2D eigenvalue weighted by Crippen LogP contribution is -2.43. The van der Waals surface area contributed by atoms with Gasteiger partial charge >= 0.3 is 0 Å². The lowest BCUT2D eigenvalue weighted by atomic mass is 9.98. The summed E-state index contributed by atoms with van der Waals surface area (Å²) < 4.78 is 32.7. The van der Waals surface area contributed by atoms with Crippen molar-refractivity contribution in [3.8, 4) is 5.75 Å². The number of hydrogen-bond acceptors (Lipinski definition) is 4. The van der Waals surface area contributed by atoms with Gasteiger partial charge in [0.2, 0.25) is 15.9 Å². The van der Waals surface area contributed by atoms with Crippen LogP contribution in [0.1, 0.15) is 12.8 Å². The van der Waals surface area contributed by atoms with Crippen LogP contribution < -0.4 is 10.1 Å². The topological polar surface area (TPSA) is 75.7 Å². The Morgan fingerprint density at radius 2 is 1.90 bits per heavy atom. The van der Waals surface area contributed by atoms with Gasteiger partial charge in [-0.3, -0.25) is 4.79 Å². The van der Waals surface area contributed by atoms with Crippen molar-refractivity contribution in [2.45, 2.75) is 17.7 Å². The number of ether oxygens (including phenoxy) is 1. The van der Waals surface area contributed by atoms with E-state index in [-0.39, 0.29) is 22.4 Å². The molecule has 1 amide bonds. The minimum absolute atomic E-state index is 0.0911. The molecule has 6 nitrogen and oxygen atoms in total. The Balaban J connectivity index is 1.52. The van der Waals surface area contributed by atoms with Gasteiger partial charge in [0.25, 0.3) is 0 Å². The summed E-state index contributed by atoms with van der Waals surface area (Å²) in [6.07, 6.45) is 1.24. The summed E-state index contributed by atoms with van der Waals surface area (Å²) in [5.41, 5.74) is 0.727. The molecule has 4 rings (SSSR count). The average Bonchev–Trinajstić information content (AvgIpc) is 2.79. The molecular formula is C23H23ClN2O4S. The molecule has 3 aromatic rings. The van der Waals surface area contributed by atoms with Crippen LogP contribution in [0.2, 0.25) is 5.02 Å². The van der Waals surface area contributed by atoms with E-state index in [4.69, 9.17) is 16.3 Å². The maximum atomic E-state index is 13.1. The van der Waals surface area contributed by atoms with Crippen LogP contribution in [0.3, 0.4) is 0 Å². The smallest absolute Gasteiger partial charge is 0.243 e. The highest BCUT2D eigenvalue weighted by Gasteiger charge is 2.33. The second-order valence-corrected chi connectivity index (χ2v) is 9.86. The van der Waals surface area contributed by atoms with Gasteiger partial charge in [0.15, 0.2) is 0 Å². The fourth-order valence-corrected chi connectivity index (χ4v) is 5.77. The number of methoxy groups -OCH3 is 1. The minimum Gasteiger partial charge on any atom is -0.495 e. The fraction of sp³-hybridized carbons (Fsp3) is 0.261. The summed E-state index contributed by atoms with van der Waals surface area (Å²) >= 11 is 6.12. The SMILES string of the molecule is COc1ccc(S(=O)(=O)N2CCC[C@H](C(=O)Nc3cccc4ccccc34)C2)cc1Cl. The Morgan fingerprint density at radius 3 is 2.68 bits per heavy atom. The maximum absolute atomic E-state index is 13.1. The normalized spacial score (nSPS) is 17.4. The van der Waals surface area contributed by atoms with Crippen LogP contribution in [-0.4, -0.2) is 38.8 Å². The number of carbonyl (C=O) groups is 1. The Hall–Kier alpha value is -2.61. The van der Waals surface area contributed by atoms with Crippen LogP contribution in [0.25, 0.3) is 10.8 Å².